The second-order valence-electron chi connectivity index (χ2n) is 5.02. The summed E-state index contributed by atoms with van der Waals surface area (Å²) < 4.78 is 5.93. The fourth-order valence-corrected chi connectivity index (χ4v) is 2.90. The molecule has 0 saturated carbocycles. The molecular formula is C17H15ClN2O2S. The molecule has 3 rings (SSSR count). The van der Waals surface area contributed by atoms with Gasteiger partial charge < -0.3 is 4.74 Å². The SMILES string of the molecule is CSc1ccc(C2=NN(C(C)=O)C(c3cccc(Cl)c3)O2)cc1. The number of rotatable bonds is 3. The van der Waals surface area contributed by atoms with Crippen molar-refractivity contribution in [3.8, 4) is 0 Å². The van der Waals surface area contributed by atoms with Gasteiger partial charge in [0, 0.05) is 28.0 Å². The molecule has 1 heterocycles. The second-order valence-corrected chi connectivity index (χ2v) is 6.34. The van der Waals surface area contributed by atoms with Gasteiger partial charge in [-0.1, -0.05) is 23.7 Å². The first-order valence-corrected chi connectivity index (χ1v) is 8.63. The van der Waals surface area contributed by atoms with Crippen molar-refractivity contribution in [2.24, 2.45) is 5.10 Å². The van der Waals surface area contributed by atoms with Crippen LogP contribution < -0.4 is 0 Å². The van der Waals surface area contributed by atoms with Gasteiger partial charge >= 0.3 is 0 Å². The predicted molar refractivity (Wildman–Crippen MR) is 92.6 cm³/mol. The molecule has 1 aliphatic heterocycles. The Morgan fingerprint density at radius 3 is 2.61 bits per heavy atom. The quantitative estimate of drug-likeness (QED) is 0.778. The Bertz CT molecular complexity index is 761. The zero-order valence-corrected chi connectivity index (χ0v) is 14.3. The summed E-state index contributed by atoms with van der Waals surface area (Å²) in [4.78, 5) is 13.0. The standard InChI is InChI=1S/C17H15ClN2O2S/c1-11(21)20-17(13-4-3-5-14(18)10-13)22-16(19-20)12-6-8-15(23-2)9-7-12/h3-10,17H,1-2H3. The molecule has 118 valence electrons. The monoisotopic (exact) mass is 346 g/mol. The first-order chi connectivity index (χ1) is 11.1. The van der Waals surface area contributed by atoms with E-state index in [1.54, 1.807) is 23.9 Å². The number of hydrazone groups is 1. The highest BCUT2D eigenvalue weighted by atomic mass is 35.5. The highest BCUT2D eigenvalue weighted by molar-refractivity contribution is 7.98. The van der Waals surface area contributed by atoms with Gasteiger partial charge in [-0.25, -0.2) is 0 Å². The average molecular weight is 347 g/mol. The molecule has 0 bridgehead atoms. The van der Waals surface area contributed by atoms with Gasteiger partial charge in [-0.05, 0) is 42.7 Å². The van der Waals surface area contributed by atoms with Crippen LogP contribution in [0.4, 0.5) is 0 Å². The maximum atomic E-state index is 11.9. The number of hydrogen-bond acceptors (Lipinski definition) is 4. The highest BCUT2D eigenvalue weighted by Gasteiger charge is 2.33. The molecule has 0 fully saturated rings. The van der Waals surface area contributed by atoms with E-state index in [-0.39, 0.29) is 5.91 Å². The molecule has 0 saturated heterocycles. The number of carbonyl (C=O) groups is 1. The lowest BCUT2D eigenvalue weighted by Gasteiger charge is -2.19. The van der Waals surface area contributed by atoms with Gasteiger partial charge in [-0.15, -0.1) is 16.9 Å². The van der Waals surface area contributed by atoms with E-state index >= 15 is 0 Å². The summed E-state index contributed by atoms with van der Waals surface area (Å²) in [7, 11) is 0. The first kappa shape index (κ1) is 15.9. The fraction of sp³-hybridized carbons (Fsp3) is 0.176. The lowest BCUT2D eigenvalue weighted by molar-refractivity contribution is -0.135. The maximum absolute atomic E-state index is 11.9. The smallest absolute Gasteiger partial charge is 0.243 e. The molecule has 1 aliphatic rings. The Labute approximate surface area is 144 Å². The number of nitrogens with zero attached hydrogens (tertiary/aromatic N) is 2. The van der Waals surface area contributed by atoms with Crippen LogP contribution in [0, 0.1) is 0 Å². The van der Waals surface area contributed by atoms with Crippen LogP contribution >= 0.6 is 23.4 Å². The third-order valence-corrected chi connectivity index (χ3v) is 4.42. The number of hydrogen-bond donors (Lipinski definition) is 0. The van der Waals surface area contributed by atoms with E-state index in [2.05, 4.69) is 5.10 Å². The van der Waals surface area contributed by atoms with Crippen LogP contribution in [0.15, 0.2) is 58.5 Å². The first-order valence-electron chi connectivity index (χ1n) is 7.03. The van der Waals surface area contributed by atoms with Crippen LogP contribution in [0.2, 0.25) is 5.02 Å². The summed E-state index contributed by atoms with van der Waals surface area (Å²) >= 11 is 7.70. The zero-order valence-electron chi connectivity index (χ0n) is 12.7. The van der Waals surface area contributed by atoms with E-state index in [0.717, 1.165) is 16.0 Å². The molecule has 1 atom stereocenters. The lowest BCUT2D eigenvalue weighted by Crippen LogP contribution is -2.25. The highest BCUT2D eigenvalue weighted by Crippen LogP contribution is 2.31. The summed E-state index contributed by atoms with van der Waals surface area (Å²) in [6.07, 6.45) is 1.42. The van der Waals surface area contributed by atoms with Crippen molar-refractivity contribution >= 4 is 35.2 Å². The second kappa shape index (κ2) is 6.64. The molecule has 0 spiro atoms. The number of amides is 1. The molecule has 0 aliphatic carbocycles. The van der Waals surface area contributed by atoms with E-state index in [1.165, 1.54) is 11.9 Å². The minimum Gasteiger partial charge on any atom is -0.446 e. The van der Waals surface area contributed by atoms with Crippen molar-refractivity contribution in [1.29, 1.82) is 0 Å². The minimum atomic E-state index is -0.596. The summed E-state index contributed by atoms with van der Waals surface area (Å²) in [5, 5.41) is 6.26. The Morgan fingerprint density at radius 2 is 2.00 bits per heavy atom. The zero-order chi connectivity index (χ0) is 16.4. The topological polar surface area (TPSA) is 41.9 Å². The molecule has 2 aromatic carbocycles. The van der Waals surface area contributed by atoms with Gasteiger partial charge in [0.15, 0.2) is 0 Å². The summed E-state index contributed by atoms with van der Waals surface area (Å²) in [6.45, 7) is 1.46. The lowest BCUT2D eigenvalue weighted by atomic mass is 10.2. The predicted octanol–water partition coefficient (Wildman–Crippen LogP) is 4.30. The number of carbonyl (C=O) groups excluding carboxylic acids is 1. The van der Waals surface area contributed by atoms with Gasteiger partial charge in [0.05, 0.1) is 0 Å². The summed E-state index contributed by atoms with van der Waals surface area (Å²) in [5.41, 5.74) is 1.62. The van der Waals surface area contributed by atoms with Crippen LogP contribution in [-0.2, 0) is 9.53 Å². The largest absolute Gasteiger partial charge is 0.446 e. The van der Waals surface area contributed by atoms with E-state index in [1.807, 2.05) is 42.7 Å². The van der Waals surface area contributed by atoms with Crippen molar-refractivity contribution in [2.45, 2.75) is 18.0 Å². The van der Waals surface area contributed by atoms with Crippen LogP contribution in [0.3, 0.4) is 0 Å². The van der Waals surface area contributed by atoms with Crippen molar-refractivity contribution in [3.05, 3.63) is 64.7 Å². The van der Waals surface area contributed by atoms with Gasteiger partial charge in [0.1, 0.15) is 0 Å². The molecule has 0 N–H and O–H groups in total. The van der Waals surface area contributed by atoms with E-state index in [0.29, 0.717) is 10.9 Å². The normalized spacial score (nSPS) is 16.9. The van der Waals surface area contributed by atoms with Crippen LogP contribution in [-0.4, -0.2) is 23.1 Å². The molecule has 2 aromatic rings. The number of benzene rings is 2. The molecule has 1 unspecified atom stereocenters. The van der Waals surface area contributed by atoms with Crippen LogP contribution in [0.1, 0.15) is 24.3 Å². The van der Waals surface area contributed by atoms with Crippen molar-refractivity contribution in [2.75, 3.05) is 6.26 Å². The Hall–Kier alpha value is -1.98. The molecule has 1 amide bonds. The van der Waals surface area contributed by atoms with E-state index in [4.69, 9.17) is 16.3 Å². The summed E-state index contributed by atoms with van der Waals surface area (Å²) in [6, 6.07) is 15.1. The van der Waals surface area contributed by atoms with E-state index in [9.17, 15) is 4.79 Å². The molecule has 4 nitrogen and oxygen atoms in total. The Morgan fingerprint density at radius 1 is 1.26 bits per heavy atom. The van der Waals surface area contributed by atoms with Crippen molar-refractivity contribution in [3.63, 3.8) is 0 Å². The van der Waals surface area contributed by atoms with Crippen molar-refractivity contribution in [1.82, 2.24) is 5.01 Å². The Kier molecular flexibility index (Phi) is 4.59. The van der Waals surface area contributed by atoms with Gasteiger partial charge in [0.2, 0.25) is 18.0 Å². The van der Waals surface area contributed by atoms with E-state index < -0.39 is 6.23 Å². The fourth-order valence-electron chi connectivity index (χ4n) is 2.29. The molecule has 0 radical (unpaired) electrons. The molecule has 6 heteroatoms. The molecule has 0 aromatic heterocycles. The van der Waals surface area contributed by atoms with Gasteiger partial charge in [0.25, 0.3) is 0 Å². The van der Waals surface area contributed by atoms with Gasteiger partial charge in [-0.2, -0.15) is 5.01 Å². The molecular weight excluding hydrogens is 332 g/mol. The third-order valence-electron chi connectivity index (χ3n) is 3.44. The number of halogens is 1. The number of thioether (sulfide) groups is 1. The van der Waals surface area contributed by atoms with Crippen LogP contribution in [0.25, 0.3) is 0 Å². The minimum absolute atomic E-state index is 0.189. The van der Waals surface area contributed by atoms with Crippen LogP contribution in [0.5, 0.6) is 0 Å². The van der Waals surface area contributed by atoms with Gasteiger partial charge in [-0.3, -0.25) is 4.79 Å². The maximum Gasteiger partial charge on any atom is 0.243 e. The molecule has 23 heavy (non-hydrogen) atoms. The number of ether oxygens (including phenoxy) is 1. The van der Waals surface area contributed by atoms with Crippen molar-refractivity contribution < 1.29 is 9.53 Å². The Balaban J connectivity index is 1.91. The summed E-state index contributed by atoms with van der Waals surface area (Å²) in [5.74, 6) is 0.239. The average Bonchev–Trinajstić information content (AvgIpc) is 3.00. The third kappa shape index (κ3) is 3.35.